The summed E-state index contributed by atoms with van der Waals surface area (Å²) in [4.78, 5) is 4.64. The number of hydrogen-bond acceptors (Lipinski definition) is 3. The Kier molecular flexibility index (Phi) is 4.31. The lowest BCUT2D eigenvalue weighted by Crippen LogP contribution is -2.01. The maximum Gasteiger partial charge on any atom is 0.114 e. The molecule has 1 aliphatic carbocycles. The molecular weight excluding hydrogens is 252 g/mol. The summed E-state index contributed by atoms with van der Waals surface area (Å²) >= 11 is 7.40. The van der Waals surface area contributed by atoms with Crippen molar-refractivity contribution in [3.05, 3.63) is 22.9 Å². The average Bonchev–Trinajstić information content (AvgIpc) is 2.75. The van der Waals surface area contributed by atoms with Crippen molar-refractivity contribution in [2.45, 2.75) is 42.9 Å². The van der Waals surface area contributed by atoms with Crippen molar-refractivity contribution >= 4 is 23.4 Å². The highest BCUT2D eigenvalue weighted by Gasteiger charge is 2.17. The first-order valence-corrected chi connectivity index (χ1v) is 7.31. The number of nitrogens with zero attached hydrogens (tertiary/aromatic N) is 2. The maximum absolute atomic E-state index is 9.16. The van der Waals surface area contributed by atoms with Crippen LogP contribution in [0.1, 0.15) is 36.6 Å². The van der Waals surface area contributed by atoms with Gasteiger partial charge in [-0.05, 0) is 37.3 Å². The Morgan fingerprint density at radius 2 is 2.41 bits per heavy atom. The second-order valence-electron chi connectivity index (χ2n) is 4.32. The molecule has 0 amide bonds. The maximum atomic E-state index is 9.16. The third-order valence-corrected chi connectivity index (χ3v) is 4.36. The van der Waals surface area contributed by atoms with Gasteiger partial charge in [-0.25, -0.2) is 4.98 Å². The fourth-order valence-corrected chi connectivity index (χ4v) is 3.49. The van der Waals surface area contributed by atoms with Crippen LogP contribution in [-0.4, -0.2) is 16.1 Å². The van der Waals surface area contributed by atoms with Crippen LogP contribution in [0.5, 0.6) is 0 Å². The van der Waals surface area contributed by atoms with Gasteiger partial charge in [-0.2, -0.15) is 5.26 Å². The lowest BCUT2D eigenvalue weighted by molar-refractivity contribution is 0.883. The van der Waals surface area contributed by atoms with Crippen LogP contribution in [0.4, 0.5) is 0 Å². The number of thioether (sulfide) groups is 1. The van der Waals surface area contributed by atoms with Crippen LogP contribution in [0.2, 0.25) is 0 Å². The molecule has 0 saturated heterocycles. The molecular formula is C13H15ClN2S. The predicted octanol–water partition coefficient (Wildman–Crippen LogP) is 3.55. The minimum Gasteiger partial charge on any atom is -0.245 e. The number of alkyl halides is 1. The van der Waals surface area contributed by atoms with E-state index < -0.39 is 0 Å². The fraction of sp³-hybridized carbons (Fsp3) is 0.538. The first-order valence-electron chi connectivity index (χ1n) is 5.90. The Hall–Kier alpha value is -0.720. The standard InChI is InChI=1S/C13H15ClN2S/c1-9(5-6-14)17-13-11(8-15)7-10-3-2-4-12(10)16-13/h7,9H,2-6H2,1H3. The molecule has 1 aliphatic rings. The molecule has 17 heavy (non-hydrogen) atoms. The number of halogens is 1. The highest BCUT2D eigenvalue weighted by molar-refractivity contribution is 7.99. The van der Waals surface area contributed by atoms with Crippen molar-refractivity contribution in [1.82, 2.24) is 4.98 Å². The molecule has 1 heterocycles. The van der Waals surface area contributed by atoms with Crippen molar-refractivity contribution in [3.63, 3.8) is 0 Å². The Labute approximate surface area is 111 Å². The quantitative estimate of drug-likeness (QED) is 0.618. The van der Waals surface area contributed by atoms with Gasteiger partial charge in [-0.15, -0.1) is 23.4 Å². The highest BCUT2D eigenvalue weighted by Crippen LogP contribution is 2.31. The molecule has 90 valence electrons. The van der Waals surface area contributed by atoms with E-state index in [-0.39, 0.29) is 0 Å². The van der Waals surface area contributed by atoms with Crippen molar-refractivity contribution < 1.29 is 0 Å². The van der Waals surface area contributed by atoms with Crippen LogP contribution in [0.25, 0.3) is 0 Å². The molecule has 0 N–H and O–H groups in total. The molecule has 0 bridgehead atoms. The van der Waals surface area contributed by atoms with Crippen LogP contribution in [0, 0.1) is 11.3 Å². The van der Waals surface area contributed by atoms with Crippen LogP contribution < -0.4 is 0 Å². The third-order valence-electron chi connectivity index (χ3n) is 2.96. The second-order valence-corrected chi connectivity index (χ2v) is 6.12. The van der Waals surface area contributed by atoms with E-state index in [9.17, 15) is 0 Å². The number of rotatable bonds is 4. The van der Waals surface area contributed by atoms with E-state index >= 15 is 0 Å². The zero-order valence-corrected chi connectivity index (χ0v) is 11.4. The molecule has 1 atom stereocenters. The molecule has 2 rings (SSSR count). The number of aryl methyl sites for hydroxylation is 2. The average molecular weight is 267 g/mol. The van der Waals surface area contributed by atoms with Gasteiger partial charge in [0, 0.05) is 16.8 Å². The van der Waals surface area contributed by atoms with Crippen LogP contribution in [0.3, 0.4) is 0 Å². The monoisotopic (exact) mass is 266 g/mol. The second kappa shape index (κ2) is 5.75. The summed E-state index contributed by atoms with van der Waals surface area (Å²) in [5.41, 5.74) is 3.16. The minimum atomic E-state index is 0.409. The first-order chi connectivity index (χ1) is 8.24. The van der Waals surface area contributed by atoms with Gasteiger partial charge in [0.15, 0.2) is 0 Å². The largest absolute Gasteiger partial charge is 0.245 e. The summed E-state index contributed by atoms with van der Waals surface area (Å²) < 4.78 is 0. The van der Waals surface area contributed by atoms with Crippen molar-refractivity contribution in [2.75, 3.05) is 5.88 Å². The molecule has 4 heteroatoms. The minimum absolute atomic E-state index is 0.409. The predicted molar refractivity (Wildman–Crippen MR) is 71.6 cm³/mol. The van der Waals surface area contributed by atoms with Gasteiger partial charge in [0.25, 0.3) is 0 Å². The van der Waals surface area contributed by atoms with Gasteiger partial charge in [-0.3, -0.25) is 0 Å². The van der Waals surface area contributed by atoms with E-state index in [4.69, 9.17) is 16.9 Å². The molecule has 0 radical (unpaired) electrons. The van der Waals surface area contributed by atoms with Crippen LogP contribution in [-0.2, 0) is 12.8 Å². The number of hydrogen-bond donors (Lipinski definition) is 0. The number of pyridine rings is 1. The van der Waals surface area contributed by atoms with Crippen molar-refractivity contribution in [1.29, 1.82) is 5.26 Å². The summed E-state index contributed by atoms with van der Waals surface area (Å²) in [7, 11) is 0. The van der Waals surface area contributed by atoms with Gasteiger partial charge in [0.1, 0.15) is 11.1 Å². The zero-order chi connectivity index (χ0) is 12.3. The van der Waals surface area contributed by atoms with E-state index in [0.29, 0.717) is 11.1 Å². The lowest BCUT2D eigenvalue weighted by Gasteiger charge is -2.11. The molecule has 0 aliphatic heterocycles. The van der Waals surface area contributed by atoms with Gasteiger partial charge in [0.05, 0.1) is 5.56 Å². The molecule has 0 spiro atoms. The smallest absolute Gasteiger partial charge is 0.114 e. The summed E-state index contributed by atoms with van der Waals surface area (Å²) in [5, 5.41) is 10.5. The molecule has 1 aromatic heterocycles. The van der Waals surface area contributed by atoms with Gasteiger partial charge < -0.3 is 0 Å². The molecule has 1 aromatic rings. The molecule has 0 fully saturated rings. The van der Waals surface area contributed by atoms with Crippen molar-refractivity contribution in [3.8, 4) is 6.07 Å². The van der Waals surface area contributed by atoms with E-state index in [1.165, 1.54) is 17.7 Å². The summed E-state index contributed by atoms with van der Waals surface area (Å²) in [6, 6.07) is 4.28. The number of aromatic nitrogens is 1. The summed E-state index contributed by atoms with van der Waals surface area (Å²) in [6.45, 7) is 2.13. The van der Waals surface area contributed by atoms with Gasteiger partial charge in [-0.1, -0.05) is 6.92 Å². The van der Waals surface area contributed by atoms with Crippen LogP contribution >= 0.6 is 23.4 Å². The molecule has 0 saturated carbocycles. The number of nitriles is 1. The molecule has 2 nitrogen and oxygen atoms in total. The SMILES string of the molecule is CC(CCCl)Sc1nc2c(cc1C#N)CCC2. The van der Waals surface area contributed by atoms with E-state index in [1.807, 2.05) is 6.07 Å². The van der Waals surface area contributed by atoms with E-state index in [2.05, 4.69) is 18.0 Å². The summed E-state index contributed by atoms with van der Waals surface area (Å²) in [5.74, 6) is 0.654. The van der Waals surface area contributed by atoms with Gasteiger partial charge >= 0.3 is 0 Å². The summed E-state index contributed by atoms with van der Waals surface area (Å²) in [6.07, 6.45) is 4.23. The topological polar surface area (TPSA) is 36.7 Å². The Bertz CT molecular complexity index is 453. The Morgan fingerprint density at radius 3 is 3.12 bits per heavy atom. The molecule has 0 aromatic carbocycles. The lowest BCUT2D eigenvalue weighted by atomic mass is 10.2. The highest BCUT2D eigenvalue weighted by atomic mass is 35.5. The Balaban J connectivity index is 2.24. The number of fused-ring (bicyclic) bond motifs is 1. The third kappa shape index (κ3) is 2.94. The van der Waals surface area contributed by atoms with Gasteiger partial charge in [0.2, 0.25) is 0 Å². The van der Waals surface area contributed by atoms with E-state index in [1.54, 1.807) is 11.8 Å². The zero-order valence-electron chi connectivity index (χ0n) is 9.87. The van der Waals surface area contributed by atoms with Crippen molar-refractivity contribution in [2.24, 2.45) is 0 Å². The molecule has 1 unspecified atom stereocenters. The van der Waals surface area contributed by atoms with Crippen LogP contribution in [0.15, 0.2) is 11.1 Å². The fourth-order valence-electron chi connectivity index (χ4n) is 2.03. The van der Waals surface area contributed by atoms with E-state index in [0.717, 1.165) is 29.9 Å². The normalized spacial score (nSPS) is 15.4. The first kappa shape index (κ1) is 12.7. The Morgan fingerprint density at radius 1 is 1.59 bits per heavy atom.